The highest BCUT2D eigenvalue weighted by Gasteiger charge is 2.22. The molecule has 0 radical (unpaired) electrons. The van der Waals surface area contributed by atoms with Gasteiger partial charge in [0.1, 0.15) is 0 Å². The van der Waals surface area contributed by atoms with Crippen LogP contribution in [0.3, 0.4) is 0 Å². The number of halogens is 1. The van der Waals surface area contributed by atoms with E-state index in [1.54, 1.807) is 4.68 Å². The molecule has 88 valence electrons. The third-order valence-corrected chi connectivity index (χ3v) is 3.41. The summed E-state index contributed by atoms with van der Waals surface area (Å²) in [5.41, 5.74) is 0.980. The van der Waals surface area contributed by atoms with Gasteiger partial charge in [-0.1, -0.05) is 22.0 Å². The molecule has 1 aromatic heterocycles. The first kappa shape index (κ1) is 10.9. The largest absolute Gasteiger partial charge is 0.307 e. The van der Waals surface area contributed by atoms with Gasteiger partial charge in [0.25, 0.3) is 0 Å². The molecule has 1 aromatic carbocycles. The molecule has 1 fully saturated rings. The first-order valence-electron chi connectivity index (χ1n) is 5.62. The second kappa shape index (κ2) is 4.54. The lowest BCUT2D eigenvalue weighted by atomic mass is 10.2. The molecule has 1 aliphatic heterocycles. The van der Waals surface area contributed by atoms with Gasteiger partial charge in [-0.05, 0) is 48.0 Å². The summed E-state index contributed by atoms with van der Waals surface area (Å²) in [7, 11) is 0. The summed E-state index contributed by atoms with van der Waals surface area (Å²) in [4.78, 5) is 0. The Morgan fingerprint density at radius 2 is 2.35 bits per heavy atom. The van der Waals surface area contributed by atoms with Crippen LogP contribution in [0.5, 0.6) is 0 Å². The average Bonchev–Trinajstić information content (AvgIpc) is 3.00. The van der Waals surface area contributed by atoms with Gasteiger partial charge in [0.05, 0.1) is 11.7 Å². The number of benzene rings is 1. The van der Waals surface area contributed by atoms with E-state index in [2.05, 4.69) is 36.8 Å². The molecule has 1 saturated heterocycles. The van der Waals surface area contributed by atoms with Gasteiger partial charge in [0, 0.05) is 4.47 Å². The van der Waals surface area contributed by atoms with E-state index in [-0.39, 0.29) is 6.04 Å². The van der Waals surface area contributed by atoms with Gasteiger partial charge in [-0.15, -0.1) is 5.10 Å². The number of rotatable bonds is 2. The van der Waals surface area contributed by atoms with Crippen LogP contribution in [0.2, 0.25) is 0 Å². The molecular formula is C11H12BrN5. The minimum Gasteiger partial charge on any atom is -0.307 e. The zero-order chi connectivity index (χ0) is 11.7. The Kier molecular flexibility index (Phi) is 2.90. The topological polar surface area (TPSA) is 55.6 Å². The minimum atomic E-state index is 0.268. The van der Waals surface area contributed by atoms with Crippen LogP contribution in [0.1, 0.15) is 24.7 Å². The zero-order valence-corrected chi connectivity index (χ0v) is 10.8. The second-order valence-corrected chi connectivity index (χ2v) is 4.99. The molecule has 6 heteroatoms. The van der Waals surface area contributed by atoms with Crippen LogP contribution in [0, 0.1) is 0 Å². The van der Waals surface area contributed by atoms with Crippen LogP contribution in [-0.2, 0) is 0 Å². The number of hydrogen-bond acceptors (Lipinski definition) is 4. The van der Waals surface area contributed by atoms with Crippen molar-refractivity contribution in [2.45, 2.75) is 18.9 Å². The number of tetrazole rings is 1. The van der Waals surface area contributed by atoms with Crippen LogP contribution in [-0.4, -0.2) is 26.8 Å². The van der Waals surface area contributed by atoms with Crippen LogP contribution in [0.15, 0.2) is 28.7 Å². The van der Waals surface area contributed by atoms with Gasteiger partial charge in [-0.25, -0.2) is 0 Å². The van der Waals surface area contributed by atoms with E-state index in [4.69, 9.17) is 0 Å². The molecule has 2 heterocycles. The van der Waals surface area contributed by atoms with E-state index in [0.29, 0.717) is 0 Å². The first-order valence-corrected chi connectivity index (χ1v) is 6.41. The highest BCUT2D eigenvalue weighted by atomic mass is 79.9. The molecule has 1 unspecified atom stereocenters. The van der Waals surface area contributed by atoms with Gasteiger partial charge in [0.2, 0.25) is 0 Å². The third-order valence-electron chi connectivity index (χ3n) is 2.92. The quantitative estimate of drug-likeness (QED) is 0.918. The highest BCUT2D eigenvalue weighted by molar-refractivity contribution is 9.10. The molecular weight excluding hydrogens is 282 g/mol. The van der Waals surface area contributed by atoms with Gasteiger partial charge < -0.3 is 5.32 Å². The maximum Gasteiger partial charge on any atom is 0.173 e. The third kappa shape index (κ3) is 2.10. The first-order chi connectivity index (χ1) is 8.34. The SMILES string of the molecule is Brc1cccc(-n2nnnc2C2CCCN2)c1. The predicted molar refractivity (Wildman–Crippen MR) is 66.8 cm³/mol. The van der Waals surface area contributed by atoms with Crippen LogP contribution in [0.25, 0.3) is 5.69 Å². The molecule has 0 aliphatic carbocycles. The summed E-state index contributed by atoms with van der Waals surface area (Å²) in [6, 6.07) is 8.24. The Balaban J connectivity index is 2.00. The Bertz CT molecular complexity index is 518. The fourth-order valence-corrected chi connectivity index (χ4v) is 2.50. The van der Waals surface area contributed by atoms with Gasteiger partial charge >= 0.3 is 0 Å². The number of nitrogens with one attached hydrogen (secondary N) is 1. The van der Waals surface area contributed by atoms with Crippen molar-refractivity contribution >= 4 is 15.9 Å². The fraction of sp³-hybridized carbons (Fsp3) is 0.364. The minimum absolute atomic E-state index is 0.268. The monoisotopic (exact) mass is 293 g/mol. The average molecular weight is 294 g/mol. The molecule has 1 N–H and O–H groups in total. The van der Waals surface area contributed by atoms with Crippen molar-refractivity contribution in [3.63, 3.8) is 0 Å². The van der Waals surface area contributed by atoms with Crippen molar-refractivity contribution in [3.05, 3.63) is 34.6 Å². The normalized spacial score (nSPS) is 19.7. The van der Waals surface area contributed by atoms with E-state index in [0.717, 1.165) is 29.0 Å². The molecule has 1 aliphatic rings. The van der Waals surface area contributed by atoms with Gasteiger partial charge in [0.15, 0.2) is 5.82 Å². The standard InChI is InChI=1S/C11H12BrN5/c12-8-3-1-4-9(7-8)17-11(14-15-16-17)10-5-2-6-13-10/h1,3-4,7,10,13H,2,5-6H2. The van der Waals surface area contributed by atoms with Crippen molar-refractivity contribution in [3.8, 4) is 5.69 Å². The number of nitrogens with zero attached hydrogens (tertiary/aromatic N) is 4. The highest BCUT2D eigenvalue weighted by Crippen LogP contribution is 2.23. The summed E-state index contributed by atoms with van der Waals surface area (Å²) in [6.07, 6.45) is 2.27. The summed E-state index contributed by atoms with van der Waals surface area (Å²) in [5, 5.41) is 15.4. The van der Waals surface area contributed by atoms with Crippen molar-refractivity contribution in [2.75, 3.05) is 6.54 Å². The van der Waals surface area contributed by atoms with Gasteiger partial charge in [-0.2, -0.15) is 4.68 Å². The van der Waals surface area contributed by atoms with E-state index in [1.165, 1.54) is 6.42 Å². The summed E-state index contributed by atoms with van der Waals surface area (Å²) in [6.45, 7) is 1.04. The van der Waals surface area contributed by atoms with E-state index < -0.39 is 0 Å². The zero-order valence-electron chi connectivity index (χ0n) is 9.17. The number of hydrogen-bond donors (Lipinski definition) is 1. The second-order valence-electron chi connectivity index (χ2n) is 4.08. The van der Waals surface area contributed by atoms with Gasteiger partial charge in [-0.3, -0.25) is 0 Å². The maximum absolute atomic E-state index is 4.13. The predicted octanol–water partition coefficient (Wildman–Crippen LogP) is 1.85. The van der Waals surface area contributed by atoms with Crippen molar-refractivity contribution in [1.82, 2.24) is 25.5 Å². The Morgan fingerprint density at radius 1 is 1.41 bits per heavy atom. The molecule has 3 rings (SSSR count). The molecule has 0 spiro atoms. The molecule has 2 aromatic rings. The lowest BCUT2D eigenvalue weighted by Gasteiger charge is -2.10. The molecule has 17 heavy (non-hydrogen) atoms. The molecule has 0 saturated carbocycles. The lowest BCUT2D eigenvalue weighted by molar-refractivity contribution is 0.583. The Labute approximate surface area is 107 Å². The molecule has 0 amide bonds. The maximum atomic E-state index is 4.13. The van der Waals surface area contributed by atoms with Crippen molar-refractivity contribution in [2.24, 2.45) is 0 Å². The van der Waals surface area contributed by atoms with E-state index in [1.807, 2.05) is 24.3 Å². The summed E-state index contributed by atoms with van der Waals surface area (Å²) in [5.74, 6) is 0.889. The Morgan fingerprint density at radius 3 is 3.12 bits per heavy atom. The summed E-state index contributed by atoms with van der Waals surface area (Å²) >= 11 is 3.46. The van der Waals surface area contributed by atoms with Crippen LogP contribution < -0.4 is 5.32 Å². The fourth-order valence-electron chi connectivity index (χ4n) is 2.11. The van der Waals surface area contributed by atoms with E-state index in [9.17, 15) is 0 Å². The van der Waals surface area contributed by atoms with Crippen LogP contribution >= 0.6 is 15.9 Å². The smallest absolute Gasteiger partial charge is 0.173 e. The summed E-state index contributed by atoms with van der Waals surface area (Å²) < 4.78 is 2.82. The Hall–Kier alpha value is -1.27. The number of aromatic nitrogens is 4. The van der Waals surface area contributed by atoms with Crippen molar-refractivity contribution < 1.29 is 0 Å². The molecule has 1 atom stereocenters. The van der Waals surface area contributed by atoms with Crippen molar-refractivity contribution in [1.29, 1.82) is 0 Å². The molecule has 5 nitrogen and oxygen atoms in total. The lowest BCUT2D eigenvalue weighted by Crippen LogP contribution is -2.18. The van der Waals surface area contributed by atoms with E-state index >= 15 is 0 Å². The molecule has 0 bridgehead atoms. The van der Waals surface area contributed by atoms with Crippen LogP contribution in [0.4, 0.5) is 0 Å².